The molecule has 36 nitrogen and oxygen atoms in total. The van der Waals surface area contributed by atoms with Gasteiger partial charge >= 0.3 is 30.2 Å². The molecule has 17 rings (SSSR count). The number of aldehydes is 1. The Bertz CT molecular complexity index is 5480. The lowest BCUT2D eigenvalue weighted by Crippen LogP contribution is -2.44. The molecule has 0 radical (unpaired) electrons. The lowest BCUT2D eigenvalue weighted by atomic mass is 10.1. The van der Waals surface area contributed by atoms with Crippen molar-refractivity contribution >= 4 is 168 Å². The Morgan fingerprint density at radius 3 is 1.05 bits per heavy atom. The SMILES string of the molecule is BrCCCCBr.CN1CCN(CCCCN2C(=O)CN(/N=C/c3ccc(-c4ccc(Cl)cc4)o3)C2=O)CC1.NN1CC(=O)N(CCCCN2CCNCC2)C1=O.O=C1CN(/N=C/c2ccc(-c3ccc(Cl)cc3)o2)C(=O)N1CCCCCCN1CCNCC1.O=C1CN(NCc2ccccc2)C(=O)N1CCCCI.O=C1CN(NCc2ccccc2)C(=O)N1CCCCN1CCCCC1.O=Cc1ccc(-c2ccc(Cl)cc2)o1. The molecule has 9 fully saturated rings. The van der Waals surface area contributed by atoms with Gasteiger partial charge in [0.05, 0.1) is 12.4 Å². The number of nitrogens with zero attached hydrogens (tertiary/aromatic N) is 17. The van der Waals surface area contributed by atoms with Crippen molar-refractivity contribution in [2.45, 2.75) is 122 Å². The number of likely N-dealkylation sites (tertiary alicyclic amines) is 1. The summed E-state index contributed by atoms with van der Waals surface area (Å²) in [7, 11) is 2.14. The number of carbonyl (C=O) groups is 11. The molecular weight excluding hydrogens is 2200 g/mol. The van der Waals surface area contributed by atoms with Crippen molar-refractivity contribution in [3.05, 3.63) is 213 Å². The molecule has 0 aliphatic carbocycles. The molecule has 148 heavy (non-hydrogen) atoms. The Labute approximate surface area is 913 Å². The number of alkyl halides is 3. The first-order valence-electron chi connectivity index (χ1n) is 51.1. The number of urea groups is 5. The van der Waals surface area contributed by atoms with E-state index in [1.54, 1.807) is 60.7 Å². The normalized spacial score (nSPS) is 17.2. The van der Waals surface area contributed by atoms with Gasteiger partial charge in [-0.25, -0.2) is 60.7 Å². The minimum absolute atomic E-state index is 0.0105. The van der Waals surface area contributed by atoms with Gasteiger partial charge < -0.3 is 48.4 Å². The van der Waals surface area contributed by atoms with Crippen LogP contribution in [0, 0.1) is 0 Å². The fraction of sp³-hybridized carbons (Fsp3) is 0.481. The van der Waals surface area contributed by atoms with Crippen molar-refractivity contribution in [1.82, 2.24) is 95.5 Å². The summed E-state index contributed by atoms with van der Waals surface area (Å²) < 4.78 is 17.8. The monoisotopic (exact) mass is 2330 g/mol. The summed E-state index contributed by atoms with van der Waals surface area (Å²) in [6, 6.07) is 50.6. The highest BCUT2D eigenvalue weighted by Crippen LogP contribution is 2.29. The number of carbonyl (C=O) groups excluding carboxylic acids is 11. The fourth-order valence-corrected chi connectivity index (χ4v) is 18.8. The number of nitrogens with two attached hydrogens (primary N) is 1. The largest absolute Gasteiger partial charge is 0.455 e. The number of piperidine rings is 1. The third-order valence-electron chi connectivity index (χ3n) is 25.6. The lowest BCUT2D eigenvalue weighted by Gasteiger charge is -2.32. The van der Waals surface area contributed by atoms with Crippen LogP contribution >= 0.6 is 89.3 Å². The maximum Gasteiger partial charge on any atom is 0.347 e. The highest BCUT2D eigenvalue weighted by Gasteiger charge is 2.40. The Morgan fingerprint density at radius 2 is 0.682 bits per heavy atom. The predicted octanol–water partition coefficient (Wildman–Crippen LogP) is 16.1. The number of hydrogen-bond acceptors (Lipinski definition) is 26. The predicted molar refractivity (Wildman–Crippen MR) is 592 cm³/mol. The Morgan fingerprint density at radius 1 is 0.358 bits per heavy atom. The molecule has 0 spiro atoms. The molecule has 42 heteroatoms. The highest BCUT2D eigenvalue weighted by atomic mass is 127. The van der Waals surface area contributed by atoms with Gasteiger partial charge in [-0.3, -0.25) is 58.3 Å². The van der Waals surface area contributed by atoms with Crippen molar-refractivity contribution in [1.29, 1.82) is 0 Å². The van der Waals surface area contributed by atoms with Crippen LogP contribution < -0.4 is 27.3 Å². The van der Waals surface area contributed by atoms with Gasteiger partial charge in [-0.05, 0) is 261 Å². The number of benzene rings is 5. The minimum atomic E-state index is -0.379. The molecule has 5 aromatic carbocycles. The summed E-state index contributed by atoms with van der Waals surface area (Å²) in [5.41, 5.74) is 10.9. The number of hydrogen-bond donors (Lipinski definition) is 5. The molecular formula is C106H140Br2Cl3IN22O14. The molecule has 0 saturated carbocycles. The zero-order valence-corrected chi connectivity index (χ0v) is 92.0. The van der Waals surface area contributed by atoms with Crippen LogP contribution in [0.1, 0.15) is 142 Å². The van der Waals surface area contributed by atoms with E-state index in [1.807, 2.05) is 109 Å². The third kappa shape index (κ3) is 39.9. The van der Waals surface area contributed by atoms with Crippen LogP contribution in [0.15, 0.2) is 193 Å². The molecule has 6 N–H and O–H groups in total. The zero-order valence-electron chi connectivity index (χ0n) is 84.4. The quantitative estimate of drug-likeness (QED) is 0.00346. The van der Waals surface area contributed by atoms with Crippen LogP contribution in [0.5, 0.6) is 0 Å². The van der Waals surface area contributed by atoms with Crippen LogP contribution in [0.3, 0.4) is 0 Å². The Kier molecular flexibility index (Phi) is 52.0. The molecule has 9 aliphatic heterocycles. The van der Waals surface area contributed by atoms with Gasteiger partial charge in [0, 0.05) is 167 Å². The number of amides is 15. The van der Waals surface area contributed by atoms with Gasteiger partial charge in [-0.2, -0.15) is 10.2 Å². The van der Waals surface area contributed by atoms with Crippen LogP contribution in [0.4, 0.5) is 24.0 Å². The van der Waals surface area contributed by atoms with E-state index >= 15 is 0 Å². The van der Waals surface area contributed by atoms with E-state index in [0.29, 0.717) is 102 Å². The number of hydrazine groups is 3. The molecule has 15 amide bonds. The maximum atomic E-state index is 12.6. The molecule has 0 bridgehead atoms. The summed E-state index contributed by atoms with van der Waals surface area (Å²) in [6.45, 7) is 23.2. The minimum Gasteiger partial charge on any atom is -0.455 e. The number of hydrazone groups is 2. The van der Waals surface area contributed by atoms with Gasteiger partial charge in [0.15, 0.2) is 12.0 Å². The smallest absolute Gasteiger partial charge is 0.347 e. The number of imide groups is 5. The maximum absolute atomic E-state index is 12.6. The van der Waals surface area contributed by atoms with E-state index in [4.69, 9.17) is 53.9 Å². The van der Waals surface area contributed by atoms with E-state index in [0.717, 1.165) is 230 Å². The molecule has 8 aromatic rings. The number of nitrogens with one attached hydrogen (secondary N) is 4. The summed E-state index contributed by atoms with van der Waals surface area (Å²) in [5, 5.41) is 25.5. The second-order valence-corrected chi connectivity index (χ2v) is 40.7. The Hall–Kier alpha value is -10.2. The van der Waals surface area contributed by atoms with Gasteiger partial charge in [0.25, 0.3) is 29.5 Å². The number of piperazine rings is 3. The number of unbranched alkanes of at least 4 members (excludes halogenated alkanes) is 8. The van der Waals surface area contributed by atoms with E-state index in [2.05, 4.69) is 118 Å². The second kappa shape index (κ2) is 65.1. The van der Waals surface area contributed by atoms with E-state index < -0.39 is 0 Å². The van der Waals surface area contributed by atoms with Gasteiger partial charge in [0.2, 0.25) is 0 Å². The first-order chi connectivity index (χ1) is 71.9. The summed E-state index contributed by atoms with van der Waals surface area (Å²) >= 11 is 26.5. The van der Waals surface area contributed by atoms with Crippen LogP contribution in [0.25, 0.3) is 34.0 Å². The van der Waals surface area contributed by atoms with E-state index in [1.165, 1.54) is 102 Å². The average molecular weight is 2340 g/mol. The molecule has 0 atom stereocenters. The highest BCUT2D eigenvalue weighted by molar-refractivity contribution is 14.1. The lowest BCUT2D eigenvalue weighted by molar-refractivity contribution is -0.126. The van der Waals surface area contributed by atoms with Crippen molar-refractivity contribution in [3.63, 3.8) is 0 Å². The summed E-state index contributed by atoms with van der Waals surface area (Å²) in [6.07, 6.45) is 21.6. The number of likely N-dealkylation sites (N-methyl/N-ethyl adjacent to an activating group) is 1. The molecule has 800 valence electrons. The molecule has 3 aromatic heterocycles. The van der Waals surface area contributed by atoms with Crippen molar-refractivity contribution in [2.75, 3.05) is 205 Å². The van der Waals surface area contributed by atoms with Crippen molar-refractivity contribution in [3.8, 4) is 34.0 Å². The van der Waals surface area contributed by atoms with E-state index in [-0.39, 0.29) is 92.4 Å². The summed E-state index contributed by atoms with van der Waals surface area (Å²) in [4.78, 5) is 150. The van der Waals surface area contributed by atoms with Crippen LogP contribution in [0.2, 0.25) is 15.1 Å². The molecule has 0 unspecified atom stereocenters. The molecule has 12 heterocycles. The number of rotatable bonds is 43. The van der Waals surface area contributed by atoms with Gasteiger partial charge in [-0.1, -0.05) is 169 Å². The first-order valence-corrected chi connectivity index (χ1v) is 56.0. The number of furan rings is 3. The van der Waals surface area contributed by atoms with Gasteiger partial charge in [0.1, 0.15) is 61.5 Å². The fourth-order valence-electron chi connectivity index (χ4n) is 17.1. The Balaban J connectivity index is 0.000000170. The van der Waals surface area contributed by atoms with Crippen LogP contribution in [-0.2, 0) is 37.1 Å². The van der Waals surface area contributed by atoms with E-state index in [9.17, 15) is 52.7 Å². The number of halogens is 6. The average Bonchev–Trinajstić information content (AvgIpc) is 1.68. The standard InChI is InChI=1S/C24H30ClN5O3.C23H28ClN5O3.C19H28N4O2.C14H18IN3O2.C11H7ClO2.C11H21N5O2.C4H8Br2/c25-20-7-5-19(6-8-20)22-10-9-21(33-22)17-27-30-18-23(31)29(24(30)32)14-4-2-1-3-13-28-15-11-26-12-16-28;1-26-12-14-27(15-13-26)10-2-3-11-28-22(30)17-29(23(28)31)25-16-20-8-9-21(32-20)18-4-6-19(24)7-5-18;24-18-16-23(20-15-17-9-3-1-4-10-17)19(25)22(18)14-8-7-13-21-11-5-2-6-12-21;15-8-4-5-9-17-13(19)11-18(14(17)20)16-10-12-6-2-1-3-7-12;12-9-3-1-8(2-4-9)11-6-5-10(7-13)14-11;12-16-9-10(17)15(11(16)18)6-2-1-5-14-7-3-13-4-8-14;5-3-1-2-4-6/h5-10,17,26H,1-4,11-16,18H2;4-9,16H,2-3,10-15,17H2,1H3;1,3-4,9-10,20H,2,5-8,11-16H2;1-3,6-7,16H,4-5,8-11H2;1-7H;13H,1-9,12H2;1-4H2/b27-17+;25-16+;;;;;. The first kappa shape index (κ1) is 118. The van der Waals surface area contributed by atoms with Crippen LogP contribution in [-0.4, -0.2) is 358 Å². The van der Waals surface area contributed by atoms with Crippen molar-refractivity contribution in [2.24, 2.45) is 16.0 Å². The topological polar surface area (TPSA) is 375 Å². The van der Waals surface area contributed by atoms with Crippen molar-refractivity contribution < 1.29 is 66.0 Å². The van der Waals surface area contributed by atoms with Gasteiger partial charge in [-0.15, -0.1) is 0 Å². The summed E-state index contributed by atoms with van der Waals surface area (Å²) in [5.74, 6) is 7.90. The third-order valence-corrected chi connectivity index (χ3v) is 28.2. The molecule has 9 aliphatic rings. The zero-order chi connectivity index (χ0) is 105. The molecule has 9 saturated heterocycles. The second-order valence-electron chi connectivity index (χ2n) is 36.7.